The van der Waals surface area contributed by atoms with E-state index in [2.05, 4.69) is 10.7 Å². The summed E-state index contributed by atoms with van der Waals surface area (Å²) in [7, 11) is 0. The molecule has 0 aliphatic rings. The van der Waals surface area contributed by atoms with Crippen molar-refractivity contribution in [2.24, 2.45) is 5.73 Å². The topological polar surface area (TPSA) is 114 Å². The minimum atomic E-state index is -1.33. The first-order valence-electron chi connectivity index (χ1n) is 3.15. The van der Waals surface area contributed by atoms with Crippen LogP contribution in [-0.2, 0) is 0 Å². The fourth-order valence-corrected chi connectivity index (χ4v) is 0.494. The molecule has 1 rings (SSSR count). The third kappa shape index (κ3) is 6.29. The molecule has 0 spiro atoms. The van der Waals surface area contributed by atoms with Crippen molar-refractivity contribution in [2.45, 2.75) is 0 Å². The van der Waals surface area contributed by atoms with Crippen LogP contribution in [0.2, 0.25) is 0 Å². The second kappa shape index (κ2) is 5.53. The molecule has 0 aromatic carbocycles. The van der Waals surface area contributed by atoms with E-state index < -0.39 is 12.1 Å². The van der Waals surface area contributed by atoms with Gasteiger partial charge in [-0.2, -0.15) is 0 Å². The molecule has 6 nitrogen and oxygen atoms in total. The molecule has 0 fully saturated rings. The lowest BCUT2D eigenvalue weighted by atomic mass is 10.3. The Labute approximate surface area is 73.6 Å². The van der Waals surface area contributed by atoms with Gasteiger partial charge in [-0.15, -0.1) is 0 Å². The summed E-state index contributed by atoms with van der Waals surface area (Å²) in [6, 6.07) is 2.89. The molecule has 1 amide bonds. The number of nitrogens with two attached hydrogens (primary N) is 1. The van der Waals surface area contributed by atoms with E-state index in [-0.39, 0.29) is 5.56 Å². The summed E-state index contributed by atoms with van der Waals surface area (Å²) in [5.41, 5.74) is 4.30. The minimum Gasteiger partial charge on any atom is -0.478 e. The van der Waals surface area contributed by atoms with Gasteiger partial charge in [-0.25, -0.2) is 9.59 Å². The van der Waals surface area contributed by atoms with Crippen molar-refractivity contribution in [3.63, 3.8) is 0 Å². The van der Waals surface area contributed by atoms with Crippen LogP contribution in [-0.4, -0.2) is 27.3 Å². The van der Waals surface area contributed by atoms with E-state index in [0.717, 1.165) is 0 Å². The van der Waals surface area contributed by atoms with Gasteiger partial charge >= 0.3 is 12.1 Å². The predicted molar refractivity (Wildman–Crippen MR) is 43.4 cm³/mol. The first-order chi connectivity index (χ1) is 6.04. The van der Waals surface area contributed by atoms with E-state index in [9.17, 15) is 4.79 Å². The van der Waals surface area contributed by atoms with E-state index in [4.69, 9.17) is 15.0 Å². The van der Waals surface area contributed by atoms with Gasteiger partial charge in [-0.1, -0.05) is 0 Å². The lowest BCUT2D eigenvalue weighted by Gasteiger charge is -1.87. The molecule has 1 heterocycles. The maximum Gasteiger partial charge on any atom is 0.402 e. The van der Waals surface area contributed by atoms with Crippen molar-refractivity contribution < 1.29 is 19.8 Å². The molecule has 0 aliphatic heterocycles. The van der Waals surface area contributed by atoms with Gasteiger partial charge in [0.05, 0.1) is 5.56 Å². The molecule has 0 radical (unpaired) electrons. The molecule has 6 heteroatoms. The van der Waals surface area contributed by atoms with Gasteiger partial charge < -0.3 is 15.9 Å². The van der Waals surface area contributed by atoms with Crippen molar-refractivity contribution in [3.05, 3.63) is 30.1 Å². The summed E-state index contributed by atoms with van der Waals surface area (Å²) >= 11 is 0. The molecule has 0 saturated heterocycles. The summed E-state index contributed by atoms with van der Waals surface area (Å²) in [5, 5.41) is 15.6. The number of carbonyl (C=O) groups is 2. The van der Waals surface area contributed by atoms with E-state index >= 15 is 0 Å². The number of hydrogen-bond donors (Lipinski definition) is 3. The summed E-state index contributed by atoms with van der Waals surface area (Å²) in [6.07, 6.45) is 1.56. The zero-order valence-electron chi connectivity index (χ0n) is 6.54. The molecule has 13 heavy (non-hydrogen) atoms. The van der Waals surface area contributed by atoms with Gasteiger partial charge in [0.1, 0.15) is 0 Å². The summed E-state index contributed by atoms with van der Waals surface area (Å²) in [6.45, 7) is 0. The Hall–Kier alpha value is -2.11. The normalized spacial score (nSPS) is 8.00. The van der Waals surface area contributed by atoms with E-state index in [1.54, 1.807) is 0 Å². The lowest BCUT2D eigenvalue weighted by molar-refractivity contribution is 0.0696. The fraction of sp³-hybridized carbons (Fsp3) is 0. The zero-order valence-corrected chi connectivity index (χ0v) is 6.54. The summed E-state index contributed by atoms with van der Waals surface area (Å²) in [5.74, 6) is -0.919. The second-order valence-electron chi connectivity index (χ2n) is 1.88. The van der Waals surface area contributed by atoms with Crippen molar-refractivity contribution in [1.82, 2.24) is 4.98 Å². The Morgan fingerprint density at radius 3 is 1.85 bits per heavy atom. The molecule has 0 unspecified atom stereocenters. The van der Waals surface area contributed by atoms with Gasteiger partial charge in [0.15, 0.2) is 0 Å². The van der Waals surface area contributed by atoms with Crippen molar-refractivity contribution in [2.75, 3.05) is 0 Å². The van der Waals surface area contributed by atoms with Crippen molar-refractivity contribution in [1.29, 1.82) is 0 Å². The van der Waals surface area contributed by atoms with E-state index in [1.807, 2.05) is 0 Å². The molecule has 70 valence electrons. The van der Waals surface area contributed by atoms with Crippen LogP contribution in [0.25, 0.3) is 0 Å². The van der Waals surface area contributed by atoms with Gasteiger partial charge in [-0.05, 0) is 12.1 Å². The highest BCUT2D eigenvalue weighted by atomic mass is 16.4. The Bertz CT molecular complexity index is 282. The average molecular weight is 184 g/mol. The molecule has 0 atom stereocenters. The summed E-state index contributed by atoms with van der Waals surface area (Å²) < 4.78 is 0. The van der Waals surface area contributed by atoms with Crippen molar-refractivity contribution in [3.8, 4) is 0 Å². The van der Waals surface area contributed by atoms with Gasteiger partial charge in [0, 0.05) is 12.4 Å². The SMILES string of the molecule is NC(=O)O.O=C(O)c1ccncc1. The quantitative estimate of drug-likeness (QED) is 0.584. The Morgan fingerprint density at radius 2 is 1.62 bits per heavy atom. The van der Waals surface area contributed by atoms with Crippen LogP contribution in [0.3, 0.4) is 0 Å². The number of hydrogen-bond acceptors (Lipinski definition) is 3. The number of carboxylic acids is 1. The number of amides is 1. The van der Waals surface area contributed by atoms with Crippen LogP contribution >= 0.6 is 0 Å². The molecular formula is C7H8N2O4. The third-order valence-corrected chi connectivity index (χ3v) is 0.927. The van der Waals surface area contributed by atoms with Crippen LogP contribution < -0.4 is 5.73 Å². The number of carboxylic acid groups (broad SMARTS) is 2. The van der Waals surface area contributed by atoms with Gasteiger partial charge in [0.2, 0.25) is 0 Å². The zero-order chi connectivity index (χ0) is 10.3. The number of primary amides is 1. The Balaban J connectivity index is 0.000000310. The van der Waals surface area contributed by atoms with E-state index in [0.29, 0.717) is 0 Å². The van der Waals surface area contributed by atoms with Crippen LogP contribution in [0.4, 0.5) is 4.79 Å². The highest BCUT2D eigenvalue weighted by molar-refractivity contribution is 5.87. The fourth-order valence-electron chi connectivity index (χ4n) is 0.494. The largest absolute Gasteiger partial charge is 0.478 e. The monoisotopic (exact) mass is 184 g/mol. The Kier molecular flexibility index (Phi) is 4.63. The van der Waals surface area contributed by atoms with Crippen LogP contribution in [0.1, 0.15) is 10.4 Å². The molecular weight excluding hydrogens is 176 g/mol. The van der Waals surface area contributed by atoms with E-state index in [1.165, 1.54) is 24.5 Å². The molecule has 0 bridgehead atoms. The predicted octanol–water partition coefficient (Wildman–Crippen LogP) is 0.403. The van der Waals surface area contributed by atoms with Crippen LogP contribution in [0.15, 0.2) is 24.5 Å². The Morgan fingerprint density at radius 1 is 1.23 bits per heavy atom. The first kappa shape index (κ1) is 10.9. The minimum absolute atomic E-state index is 0.269. The second-order valence-corrected chi connectivity index (χ2v) is 1.88. The highest BCUT2D eigenvalue weighted by Gasteiger charge is 1.97. The molecule has 1 aromatic heterocycles. The number of rotatable bonds is 1. The molecule has 4 N–H and O–H groups in total. The molecule has 0 aliphatic carbocycles. The number of aromatic carboxylic acids is 1. The molecule has 1 aromatic rings. The number of aromatic nitrogens is 1. The van der Waals surface area contributed by atoms with Gasteiger partial charge in [-0.3, -0.25) is 4.98 Å². The highest BCUT2D eigenvalue weighted by Crippen LogP contribution is 1.93. The maximum absolute atomic E-state index is 10.2. The number of pyridine rings is 1. The van der Waals surface area contributed by atoms with Crippen LogP contribution in [0, 0.1) is 0 Å². The lowest BCUT2D eigenvalue weighted by Crippen LogP contribution is -2.03. The van der Waals surface area contributed by atoms with Crippen molar-refractivity contribution >= 4 is 12.1 Å². The average Bonchev–Trinajstić information content (AvgIpc) is 2.05. The smallest absolute Gasteiger partial charge is 0.402 e. The maximum atomic E-state index is 10.2. The van der Waals surface area contributed by atoms with Gasteiger partial charge in [0.25, 0.3) is 0 Å². The first-order valence-corrected chi connectivity index (χ1v) is 3.15. The number of nitrogens with zero attached hydrogens (tertiary/aromatic N) is 1. The third-order valence-electron chi connectivity index (χ3n) is 0.927. The summed E-state index contributed by atoms with van der Waals surface area (Å²) in [4.78, 5) is 22.6. The van der Waals surface area contributed by atoms with Crippen LogP contribution in [0.5, 0.6) is 0 Å². The molecule has 0 saturated carbocycles. The standard InChI is InChI=1S/C6H5NO2.CH3NO2/c8-6(9)5-1-3-7-4-2-5;2-1(3)4/h1-4H,(H,8,9);2H2,(H,3,4).